The molecule has 1 aliphatic rings. The first-order chi connectivity index (χ1) is 4.93. The number of hydrogen-bond acceptors (Lipinski definition) is 3. The Kier molecular flexibility index (Phi) is 5.97. The van der Waals surface area contributed by atoms with E-state index in [1.165, 1.54) is 17.9 Å². The van der Waals surface area contributed by atoms with Crippen LogP contribution in [0.3, 0.4) is 0 Å². The van der Waals surface area contributed by atoms with Crippen LogP contribution in [0.5, 0.6) is 0 Å². The Hall–Kier alpha value is 1.61. The zero-order chi connectivity index (χ0) is 7.23. The van der Waals surface area contributed by atoms with Crippen molar-refractivity contribution in [3.05, 3.63) is 12.7 Å². The van der Waals surface area contributed by atoms with Gasteiger partial charge < -0.3 is 0 Å². The van der Waals surface area contributed by atoms with Crippen LogP contribution in [0, 0.1) is 0 Å². The van der Waals surface area contributed by atoms with E-state index in [1.54, 1.807) is 0 Å². The van der Waals surface area contributed by atoms with E-state index in [2.05, 4.69) is 36.0 Å². The second-order valence-electron chi connectivity index (χ2n) is 1.85. The Labute approximate surface area is 82.7 Å². The molecule has 0 bridgehead atoms. The van der Waals surface area contributed by atoms with Crippen LogP contribution in [0.25, 0.3) is 0 Å². The molecule has 0 aromatic carbocycles. The van der Waals surface area contributed by atoms with Crippen LogP contribution in [-0.2, 0) is 0 Å². The zero-order valence-corrected chi connectivity index (χ0v) is 10.7. The fraction of sp³-hybridized carbons (Fsp3) is 0.667. The van der Waals surface area contributed by atoms with E-state index in [0.717, 1.165) is 4.58 Å². The van der Waals surface area contributed by atoms with Gasteiger partial charge in [0.2, 0.25) is 0 Å². The summed E-state index contributed by atoms with van der Waals surface area (Å²) >= 11 is 2.17. The fourth-order valence-electron chi connectivity index (χ4n) is 0.459. The molecule has 1 unspecified atom stereocenters. The molecule has 1 fully saturated rings. The Bertz CT molecular complexity index is 103. The van der Waals surface area contributed by atoms with Crippen molar-refractivity contribution in [1.29, 1.82) is 0 Å². The van der Waals surface area contributed by atoms with Crippen molar-refractivity contribution < 1.29 is 0 Å². The molecule has 0 N–H and O–H groups in total. The molecule has 1 radical (unpaired) electrons. The van der Waals surface area contributed by atoms with Crippen LogP contribution in [0.2, 0.25) is 0 Å². The Morgan fingerprint density at radius 1 is 1.80 bits per heavy atom. The van der Waals surface area contributed by atoms with Gasteiger partial charge in [-0.05, 0) is 0 Å². The van der Waals surface area contributed by atoms with Gasteiger partial charge in [-0.3, -0.25) is 0 Å². The molecule has 0 saturated carbocycles. The summed E-state index contributed by atoms with van der Waals surface area (Å²) < 4.78 is 0.981. The third-order valence-electron chi connectivity index (χ3n) is 1.06. The topological polar surface area (TPSA) is 0 Å². The normalized spacial score (nSPS) is 23.8. The molecule has 0 aromatic rings. The van der Waals surface area contributed by atoms with E-state index in [4.69, 9.17) is 0 Å². The zero-order valence-electron chi connectivity index (χ0n) is 5.66. The molecular weight excluding hydrogens is 290 g/mol. The molecule has 1 saturated heterocycles. The second kappa shape index (κ2) is 6.16. The van der Waals surface area contributed by atoms with Crippen LogP contribution < -0.4 is 0 Å². The maximum atomic E-state index is 3.70. The maximum absolute atomic E-state index is 3.70. The van der Waals surface area contributed by atoms with Gasteiger partial charge in [-0.2, -0.15) is 0 Å². The van der Waals surface area contributed by atoms with Crippen molar-refractivity contribution in [2.45, 2.75) is 11.0 Å². The molecule has 1 rings (SSSR count). The summed E-state index contributed by atoms with van der Waals surface area (Å²) in [4.78, 5) is 0. The summed E-state index contributed by atoms with van der Waals surface area (Å²) in [5.74, 6) is 2.57. The molecule has 0 nitrogen and oxygen atoms in total. The predicted octanol–water partition coefficient (Wildman–Crippen LogP) is 2.64. The molecule has 4 heteroatoms. The second-order valence-corrected chi connectivity index (χ2v) is 13.3. The molecule has 0 spiro atoms. The molecule has 0 aliphatic carbocycles. The van der Waals surface area contributed by atoms with E-state index < -0.39 is 0 Å². The van der Waals surface area contributed by atoms with Gasteiger partial charge >= 0.3 is 83.4 Å². The molecule has 1 atom stereocenters. The fourth-order valence-corrected chi connectivity index (χ4v) is 13.9. The van der Waals surface area contributed by atoms with E-state index in [1.807, 2.05) is 6.08 Å². The van der Waals surface area contributed by atoms with Gasteiger partial charge in [0.1, 0.15) is 0 Å². The summed E-state index contributed by atoms with van der Waals surface area (Å²) in [6.45, 7) is 3.70. The van der Waals surface area contributed by atoms with Crippen LogP contribution >= 0.6 is 29.5 Å². The van der Waals surface area contributed by atoms with E-state index in [-0.39, 0.29) is 18.8 Å². The number of hydrogen-bond donors (Lipinski definition) is 0. The van der Waals surface area contributed by atoms with E-state index in [9.17, 15) is 0 Å². The van der Waals surface area contributed by atoms with Crippen LogP contribution in [0.15, 0.2) is 12.7 Å². The molecule has 10 heavy (non-hydrogen) atoms. The van der Waals surface area contributed by atoms with Crippen LogP contribution in [0.4, 0.5) is 0 Å². The van der Waals surface area contributed by atoms with Crippen LogP contribution in [-0.4, -0.2) is 34.9 Å². The summed E-state index contributed by atoms with van der Waals surface area (Å²) in [7, 11) is 4.34. The van der Waals surface area contributed by atoms with Crippen molar-refractivity contribution >= 4 is 48.3 Å². The first kappa shape index (κ1) is 9.69. The summed E-state index contributed by atoms with van der Waals surface area (Å²) in [6, 6.07) is 0. The average molecular weight is 300 g/mol. The van der Waals surface area contributed by atoms with E-state index >= 15 is 0 Å². The Morgan fingerprint density at radius 3 is 3.10 bits per heavy atom. The molecular formula is C6H10S3Sb. The summed E-state index contributed by atoms with van der Waals surface area (Å²) in [5.41, 5.74) is 0. The van der Waals surface area contributed by atoms with Crippen molar-refractivity contribution in [3.63, 3.8) is 0 Å². The standard InChI is InChI=1S/C3H6S2.C3H6S.Sb/c4-3-1-2-5-3;1-2-3-4;/h3-4H,1-2H2;2,4H,1,3H2;/q;;+2/p-2. The van der Waals surface area contributed by atoms with Gasteiger partial charge in [0.15, 0.2) is 0 Å². The molecule has 0 amide bonds. The number of thioether (sulfide) groups is 1. The van der Waals surface area contributed by atoms with Gasteiger partial charge in [-0.1, -0.05) is 0 Å². The van der Waals surface area contributed by atoms with Crippen LogP contribution in [0.1, 0.15) is 6.42 Å². The van der Waals surface area contributed by atoms with Gasteiger partial charge in [-0.25, -0.2) is 0 Å². The SMILES string of the molecule is C=CC[S][Sb][S]C1CCS1. The quantitative estimate of drug-likeness (QED) is 0.435. The minimum atomic E-state index is 0.0459. The Morgan fingerprint density at radius 2 is 2.60 bits per heavy atom. The first-order valence-electron chi connectivity index (χ1n) is 3.14. The third kappa shape index (κ3) is 3.84. The first-order valence-corrected chi connectivity index (χ1v) is 12.2. The van der Waals surface area contributed by atoms with Crippen molar-refractivity contribution in [2.75, 3.05) is 11.5 Å². The minimum absolute atomic E-state index is 0.0459. The van der Waals surface area contributed by atoms with Gasteiger partial charge in [0.05, 0.1) is 0 Å². The van der Waals surface area contributed by atoms with E-state index in [0.29, 0.717) is 0 Å². The monoisotopic (exact) mass is 299 g/mol. The van der Waals surface area contributed by atoms with Crippen molar-refractivity contribution in [1.82, 2.24) is 0 Å². The predicted molar refractivity (Wildman–Crippen MR) is 56.9 cm³/mol. The molecule has 1 heterocycles. The van der Waals surface area contributed by atoms with Gasteiger partial charge in [-0.15, -0.1) is 0 Å². The van der Waals surface area contributed by atoms with Crippen molar-refractivity contribution in [3.8, 4) is 0 Å². The Balaban J connectivity index is 1.80. The van der Waals surface area contributed by atoms with Gasteiger partial charge in [0.25, 0.3) is 0 Å². The molecule has 1 aliphatic heterocycles. The number of rotatable bonds is 5. The van der Waals surface area contributed by atoms with Gasteiger partial charge in [0, 0.05) is 0 Å². The third-order valence-corrected chi connectivity index (χ3v) is 14.1. The molecule has 57 valence electrons. The average Bonchev–Trinajstić information content (AvgIpc) is 1.84. The summed E-state index contributed by atoms with van der Waals surface area (Å²) in [6.07, 6.45) is 3.47. The summed E-state index contributed by atoms with van der Waals surface area (Å²) in [5, 5.41) is 0. The van der Waals surface area contributed by atoms with Crippen molar-refractivity contribution in [2.24, 2.45) is 0 Å². The molecule has 0 aromatic heterocycles.